The summed E-state index contributed by atoms with van der Waals surface area (Å²) in [7, 11) is 1.14. The summed E-state index contributed by atoms with van der Waals surface area (Å²) in [5.74, 6) is -1.22. The summed E-state index contributed by atoms with van der Waals surface area (Å²) in [6.45, 7) is 3.37. The number of carbonyl (C=O) groups is 3. The Morgan fingerprint density at radius 1 is 1.27 bits per heavy atom. The van der Waals surface area contributed by atoms with E-state index in [0.29, 0.717) is 0 Å². The lowest BCUT2D eigenvalue weighted by Gasteiger charge is -2.13. The van der Waals surface area contributed by atoms with E-state index < -0.39 is 23.9 Å². The van der Waals surface area contributed by atoms with E-state index in [2.05, 4.69) is 14.8 Å². The maximum atomic E-state index is 11.3. The normalized spacial score (nSPS) is 11.4. The molecular formula is C9H15NO5. The third-order valence-corrected chi connectivity index (χ3v) is 1.64. The fourth-order valence-electron chi connectivity index (χ4n) is 0.883. The van der Waals surface area contributed by atoms with Crippen molar-refractivity contribution in [2.75, 3.05) is 13.7 Å². The maximum Gasteiger partial charge on any atom is 0.408 e. The van der Waals surface area contributed by atoms with Gasteiger partial charge in [0.25, 0.3) is 0 Å². The van der Waals surface area contributed by atoms with Crippen LogP contribution in [0.25, 0.3) is 0 Å². The summed E-state index contributed by atoms with van der Waals surface area (Å²) in [4.78, 5) is 33.4. The monoisotopic (exact) mass is 217 g/mol. The summed E-state index contributed by atoms with van der Waals surface area (Å²) in [6, 6.07) is -1.28. The van der Waals surface area contributed by atoms with E-state index >= 15 is 0 Å². The van der Waals surface area contributed by atoms with Crippen LogP contribution in [0.4, 0.5) is 4.79 Å². The highest BCUT2D eigenvalue weighted by atomic mass is 16.6. The molecule has 0 spiro atoms. The molecule has 0 aliphatic rings. The number of amides is 1. The van der Waals surface area contributed by atoms with Crippen LogP contribution in [0.2, 0.25) is 0 Å². The number of rotatable bonds is 5. The quantitative estimate of drug-likeness (QED) is 0.527. The Bertz CT molecular complexity index is 235. The fourth-order valence-corrected chi connectivity index (χ4v) is 0.883. The van der Waals surface area contributed by atoms with Gasteiger partial charge >= 0.3 is 12.1 Å². The van der Waals surface area contributed by atoms with Crippen molar-refractivity contribution in [2.24, 2.45) is 0 Å². The molecule has 0 aromatic rings. The highest BCUT2D eigenvalue weighted by molar-refractivity contribution is 6.05. The van der Waals surface area contributed by atoms with Gasteiger partial charge in [0.2, 0.25) is 0 Å². The molecule has 15 heavy (non-hydrogen) atoms. The number of hydrogen-bond acceptors (Lipinski definition) is 5. The van der Waals surface area contributed by atoms with Crippen LogP contribution in [-0.4, -0.2) is 37.6 Å². The minimum atomic E-state index is -1.28. The number of methoxy groups -OCH3 is 1. The molecule has 0 heterocycles. The summed E-state index contributed by atoms with van der Waals surface area (Å²) >= 11 is 0. The highest BCUT2D eigenvalue weighted by Gasteiger charge is 2.28. The molecule has 0 aliphatic heterocycles. The SMILES string of the molecule is CCOC(=O)NC(C(=O)CC)C(=O)OC. The van der Waals surface area contributed by atoms with Crippen LogP contribution in [0.1, 0.15) is 20.3 Å². The molecule has 0 rings (SSSR count). The van der Waals surface area contributed by atoms with Crippen molar-refractivity contribution in [3.63, 3.8) is 0 Å². The van der Waals surface area contributed by atoms with E-state index in [4.69, 9.17) is 0 Å². The average Bonchev–Trinajstić information content (AvgIpc) is 2.24. The number of alkyl carbamates (subject to hydrolysis) is 1. The van der Waals surface area contributed by atoms with Crippen LogP contribution in [0, 0.1) is 0 Å². The Morgan fingerprint density at radius 3 is 2.27 bits per heavy atom. The molecule has 6 heteroatoms. The second kappa shape index (κ2) is 6.80. The Kier molecular flexibility index (Phi) is 6.08. The van der Waals surface area contributed by atoms with E-state index in [1.165, 1.54) is 0 Å². The molecule has 1 amide bonds. The first kappa shape index (κ1) is 13.4. The predicted octanol–water partition coefficient (Wildman–Crippen LogP) is 0.253. The van der Waals surface area contributed by atoms with Gasteiger partial charge in [0.1, 0.15) is 0 Å². The number of hydrogen-bond donors (Lipinski definition) is 1. The first-order chi connectivity index (χ1) is 7.06. The lowest BCUT2D eigenvalue weighted by Crippen LogP contribution is -2.47. The predicted molar refractivity (Wildman–Crippen MR) is 51.3 cm³/mol. The van der Waals surface area contributed by atoms with Crippen molar-refractivity contribution in [3.8, 4) is 0 Å². The van der Waals surface area contributed by atoms with Crippen LogP contribution < -0.4 is 5.32 Å². The lowest BCUT2D eigenvalue weighted by atomic mass is 10.1. The number of esters is 1. The summed E-state index contributed by atoms with van der Waals surface area (Å²) < 4.78 is 8.94. The zero-order valence-electron chi connectivity index (χ0n) is 9.03. The molecule has 86 valence electrons. The van der Waals surface area contributed by atoms with Gasteiger partial charge in [-0.15, -0.1) is 0 Å². The van der Waals surface area contributed by atoms with Gasteiger partial charge in [0, 0.05) is 6.42 Å². The molecule has 1 atom stereocenters. The van der Waals surface area contributed by atoms with Crippen LogP contribution in [0.5, 0.6) is 0 Å². The third kappa shape index (κ3) is 4.44. The molecule has 1 unspecified atom stereocenters. The van der Waals surface area contributed by atoms with Crippen LogP contribution in [0.15, 0.2) is 0 Å². The van der Waals surface area contributed by atoms with Gasteiger partial charge in [-0.2, -0.15) is 0 Å². The van der Waals surface area contributed by atoms with E-state index in [-0.39, 0.29) is 13.0 Å². The Balaban J connectivity index is 4.44. The van der Waals surface area contributed by atoms with E-state index in [1.807, 2.05) is 0 Å². The topological polar surface area (TPSA) is 81.7 Å². The van der Waals surface area contributed by atoms with Gasteiger partial charge in [-0.1, -0.05) is 6.92 Å². The summed E-state index contributed by atoms with van der Waals surface area (Å²) in [5, 5.41) is 2.13. The van der Waals surface area contributed by atoms with Gasteiger partial charge in [-0.05, 0) is 6.92 Å². The standard InChI is InChI=1S/C9H15NO5/c1-4-6(11)7(8(12)14-3)10-9(13)15-5-2/h7H,4-5H2,1-3H3,(H,10,13). The molecule has 6 nitrogen and oxygen atoms in total. The van der Waals surface area contributed by atoms with Crippen LogP contribution >= 0.6 is 0 Å². The van der Waals surface area contributed by atoms with Crippen molar-refractivity contribution in [1.82, 2.24) is 5.32 Å². The van der Waals surface area contributed by atoms with Gasteiger partial charge in [-0.3, -0.25) is 4.79 Å². The molecule has 0 fully saturated rings. The van der Waals surface area contributed by atoms with E-state index in [1.54, 1.807) is 13.8 Å². The largest absolute Gasteiger partial charge is 0.467 e. The van der Waals surface area contributed by atoms with E-state index in [9.17, 15) is 14.4 Å². The number of ether oxygens (including phenoxy) is 2. The smallest absolute Gasteiger partial charge is 0.408 e. The van der Waals surface area contributed by atoms with Crippen LogP contribution in [0.3, 0.4) is 0 Å². The van der Waals surface area contributed by atoms with Crippen LogP contribution in [-0.2, 0) is 19.1 Å². The third-order valence-electron chi connectivity index (χ3n) is 1.64. The van der Waals surface area contributed by atoms with Gasteiger partial charge < -0.3 is 14.8 Å². The Labute approximate surface area is 87.9 Å². The fraction of sp³-hybridized carbons (Fsp3) is 0.667. The van der Waals surface area contributed by atoms with Crippen molar-refractivity contribution in [1.29, 1.82) is 0 Å². The molecule has 0 bridgehead atoms. The molecule has 0 saturated carbocycles. The van der Waals surface area contributed by atoms with Crippen molar-refractivity contribution < 1.29 is 23.9 Å². The summed E-state index contributed by atoms with van der Waals surface area (Å²) in [5.41, 5.74) is 0. The first-order valence-corrected chi connectivity index (χ1v) is 4.60. The number of carbonyl (C=O) groups excluding carboxylic acids is 3. The zero-order chi connectivity index (χ0) is 11.8. The molecule has 0 aromatic carbocycles. The first-order valence-electron chi connectivity index (χ1n) is 4.60. The number of ketones is 1. The number of nitrogens with one attached hydrogen (secondary N) is 1. The summed E-state index contributed by atoms with van der Waals surface area (Å²) in [6.07, 6.45) is -0.679. The van der Waals surface area contributed by atoms with Gasteiger partial charge in [0.05, 0.1) is 13.7 Å². The molecule has 0 aromatic heterocycles. The van der Waals surface area contributed by atoms with Gasteiger partial charge in [-0.25, -0.2) is 9.59 Å². The Hall–Kier alpha value is -1.59. The molecule has 0 radical (unpaired) electrons. The second-order valence-corrected chi connectivity index (χ2v) is 2.64. The van der Waals surface area contributed by atoms with E-state index in [0.717, 1.165) is 7.11 Å². The second-order valence-electron chi connectivity index (χ2n) is 2.64. The molecule has 0 aliphatic carbocycles. The molecule has 1 N–H and O–H groups in total. The minimum Gasteiger partial charge on any atom is -0.467 e. The number of Topliss-reactive ketones (excluding diaryl/α,β-unsaturated/α-hetero) is 1. The molecule has 0 saturated heterocycles. The zero-order valence-corrected chi connectivity index (χ0v) is 9.03. The van der Waals surface area contributed by atoms with Gasteiger partial charge in [0.15, 0.2) is 11.8 Å². The maximum absolute atomic E-state index is 11.3. The highest BCUT2D eigenvalue weighted by Crippen LogP contribution is 1.95. The van der Waals surface area contributed by atoms with Crippen molar-refractivity contribution >= 4 is 17.8 Å². The van der Waals surface area contributed by atoms with Crippen molar-refractivity contribution in [3.05, 3.63) is 0 Å². The van der Waals surface area contributed by atoms with Crippen molar-refractivity contribution in [2.45, 2.75) is 26.3 Å². The minimum absolute atomic E-state index is 0.131. The average molecular weight is 217 g/mol. The molecular weight excluding hydrogens is 202 g/mol. The lowest BCUT2D eigenvalue weighted by molar-refractivity contribution is -0.146. The Morgan fingerprint density at radius 2 is 1.87 bits per heavy atom.